The minimum Gasteiger partial charge on any atom is -0.365 e. The molecule has 2 aromatic rings. The summed E-state index contributed by atoms with van der Waals surface area (Å²) in [6.45, 7) is 0. The molecule has 0 radical (unpaired) electrons. The molecule has 0 fully saturated rings. The first-order chi connectivity index (χ1) is 8.61. The predicted octanol–water partition coefficient (Wildman–Crippen LogP) is 2.79. The summed E-state index contributed by atoms with van der Waals surface area (Å²) in [4.78, 5) is 15.6. The number of halogens is 2. The van der Waals surface area contributed by atoms with Crippen LogP contribution in [0.4, 0.5) is 0 Å². The number of hydrogen-bond donors (Lipinski definition) is 2. The second-order valence-corrected chi connectivity index (χ2v) is 4.66. The van der Waals surface area contributed by atoms with E-state index in [9.17, 15) is 4.79 Å². The lowest BCUT2D eigenvalue weighted by molar-refractivity contribution is 0.100. The van der Waals surface area contributed by atoms with E-state index in [2.05, 4.69) is 10.7 Å². The van der Waals surface area contributed by atoms with Crippen molar-refractivity contribution in [2.75, 3.05) is 7.05 Å². The Hall–Kier alpha value is -1.14. The highest BCUT2D eigenvalue weighted by Crippen LogP contribution is 2.36. The number of primary amides is 1. The fraction of sp³-hybridized carbons (Fsp3) is 0.0909. The Morgan fingerprint density at radius 3 is 2.33 bits per heavy atom. The second kappa shape index (κ2) is 6.70. The molecule has 1 amide bonds. The molecule has 0 unspecified atom stereocenters. The maximum Gasteiger partial charge on any atom is 0.261 e. The van der Waals surface area contributed by atoms with E-state index in [1.807, 2.05) is 0 Å². The molecule has 4 nitrogen and oxygen atoms in total. The van der Waals surface area contributed by atoms with Crippen LogP contribution in [0, 0.1) is 0 Å². The molecule has 0 atom stereocenters. The number of thiazole rings is 1. The first kappa shape index (κ1) is 14.9. The van der Waals surface area contributed by atoms with Crippen LogP contribution in [0.1, 0.15) is 9.67 Å². The Morgan fingerprint density at radius 2 is 1.83 bits per heavy atom. The number of amides is 1. The molecule has 1 aromatic carbocycles. The summed E-state index contributed by atoms with van der Waals surface area (Å²) in [5, 5.41) is 0.891. The SMILES string of the molecule is CN.NC(=O)c1scnc1-c1c(Cl)cccc1Cl. The van der Waals surface area contributed by atoms with Crippen molar-refractivity contribution in [1.29, 1.82) is 0 Å². The highest BCUT2D eigenvalue weighted by Gasteiger charge is 2.18. The molecule has 4 N–H and O–H groups in total. The van der Waals surface area contributed by atoms with Gasteiger partial charge in [-0.05, 0) is 19.2 Å². The van der Waals surface area contributed by atoms with Crippen molar-refractivity contribution < 1.29 is 4.79 Å². The van der Waals surface area contributed by atoms with Gasteiger partial charge in [0.15, 0.2) is 0 Å². The number of benzene rings is 1. The van der Waals surface area contributed by atoms with E-state index in [0.717, 1.165) is 0 Å². The molecule has 2 rings (SSSR count). The van der Waals surface area contributed by atoms with Gasteiger partial charge < -0.3 is 11.5 Å². The van der Waals surface area contributed by atoms with Crippen LogP contribution in [-0.2, 0) is 0 Å². The summed E-state index contributed by atoms with van der Waals surface area (Å²) >= 11 is 13.2. The summed E-state index contributed by atoms with van der Waals surface area (Å²) in [6, 6.07) is 5.10. The molecule has 0 bridgehead atoms. The first-order valence-electron chi connectivity index (χ1n) is 4.86. The summed E-state index contributed by atoms with van der Waals surface area (Å²) < 4.78 is 0. The molecular formula is C11H11Cl2N3OS. The number of nitrogens with zero attached hydrogens (tertiary/aromatic N) is 1. The van der Waals surface area contributed by atoms with Gasteiger partial charge in [-0.1, -0.05) is 29.3 Å². The number of carbonyl (C=O) groups excluding carboxylic acids is 1. The molecule has 0 aliphatic rings. The van der Waals surface area contributed by atoms with Gasteiger partial charge in [0.05, 0.1) is 21.2 Å². The van der Waals surface area contributed by atoms with E-state index in [1.54, 1.807) is 18.2 Å². The van der Waals surface area contributed by atoms with Crippen LogP contribution in [0.2, 0.25) is 10.0 Å². The quantitative estimate of drug-likeness (QED) is 0.895. The molecular weight excluding hydrogens is 293 g/mol. The van der Waals surface area contributed by atoms with Crippen LogP contribution in [0.3, 0.4) is 0 Å². The normalized spacial score (nSPS) is 9.56. The van der Waals surface area contributed by atoms with Crippen molar-refractivity contribution in [3.8, 4) is 11.3 Å². The molecule has 0 aliphatic carbocycles. The lowest BCUT2D eigenvalue weighted by Crippen LogP contribution is -2.10. The topological polar surface area (TPSA) is 82.0 Å². The fourth-order valence-corrected chi connectivity index (χ4v) is 2.55. The highest BCUT2D eigenvalue weighted by molar-refractivity contribution is 7.12. The lowest BCUT2D eigenvalue weighted by atomic mass is 10.1. The largest absolute Gasteiger partial charge is 0.365 e. The molecule has 7 heteroatoms. The van der Waals surface area contributed by atoms with Crippen molar-refractivity contribution in [2.24, 2.45) is 11.5 Å². The Bertz CT molecular complexity index is 537. The minimum atomic E-state index is -0.534. The van der Waals surface area contributed by atoms with Crippen LogP contribution >= 0.6 is 34.5 Å². The van der Waals surface area contributed by atoms with E-state index < -0.39 is 5.91 Å². The van der Waals surface area contributed by atoms with E-state index >= 15 is 0 Å². The van der Waals surface area contributed by atoms with Crippen molar-refractivity contribution >= 4 is 40.4 Å². The van der Waals surface area contributed by atoms with Gasteiger partial charge in [0.2, 0.25) is 0 Å². The monoisotopic (exact) mass is 303 g/mol. The predicted molar refractivity (Wildman–Crippen MR) is 76.2 cm³/mol. The van der Waals surface area contributed by atoms with Crippen molar-refractivity contribution in [2.45, 2.75) is 0 Å². The van der Waals surface area contributed by atoms with Crippen LogP contribution in [0.15, 0.2) is 23.7 Å². The van der Waals surface area contributed by atoms with Gasteiger partial charge in [-0.3, -0.25) is 4.79 Å². The van der Waals surface area contributed by atoms with Gasteiger partial charge in [0.1, 0.15) is 4.88 Å². The van der Waals surface area contributed by atoms with E-state index in [-0.39, 0.29) is 0 Å². The minimum absolute atomic E-state index is 0.356. The third kappa shape index (κ3) is 3.00. The molecule has 96 valence electrons. The Balaban J connectivity index is 0.000000771. The first-order valence-corrected chi connectivity index (χ1v) is 6.50. The zero-order valence-electron chi connectivity index (χ0n) is 9.48. The summed E-state index contributed by atoms with van der Waals surface area (Å²) in [6.07, 6.45) is 0. The Kier molecular flexibility index (Phi) is 5.55. The van der Waals surface area contributed by atoms with E-state index in [4.69, 9.17) is 28.9 Å². The number of aromatic nitrogens is 1. The number of carbonyl (C=O) groups is 1. The molecule has 0 spiro atoms. The average Bonchev–Trinajstić information content (AvgIpc) is 2.80. The van der Waals surface area contributed by atoms with Gasteiger partial charge >= 0.3 is 0 Å². The maximum atomic E-state index is 11.2. The number of hydrogen-bond acceptors (Lipinski definition) is 4. The third-order valence-corrected chi connectivity index (χ3v) is 3.46. The van der Waals surface area contributed by atoms with Crippen LogP contribution in [0.5, 0.6) is 0 Å². The number of rotatable bonds is 2. The van der Waals surface area contributed by atoms with Crippen molar-refractivity contribution in [3.63, 3.8) is 0 Å². The number of nitrogens with two attached hydrogens (primary N) is 2. The molecule has 1 heterocycles. The van der Waals surface area contributed by atoms with Crippen molar-refractivity contribution in [3.05, 3.63) is 38.6 Å². The lowest BCUT2D eigenvalue weighted by Gasteiger charge is -2.04. The molecule has 0 saturated carbocycles. The Labute approximate surface area is 119 Å². The molecule has 0 aliphatic heterocycles. The zero-order valence-corrected chi connectivity index (χ0v) is 11.8. The van der Waals surface area contributed by atoms with Gasteiger partial charge in [0, 0.05) is 5.56 Å². The van der Waals surface area contributed by atoms with E-state index in [1.165, 1.54) is 23.9 Å². The zero-order chi connectivity index (χ0) is 13.7. The van der Waals surface area contributed by atoms with Gasteiger partial charge in [-0.2, -0.15) is 0 Å². The van der Waals surface area contributed by atoms with Gasteiger partial charge in [0.25, 0.3) is 5.91 Å². The maximum absolute atomic E-state index is 11.2. The van der Waals surface area contributed by atoms with Crippen LogP contribution in [-0.4, -0.2) is 17.9 Å². The van der Waals surface area contributed by atoms with Gasteiger partial charge in [-0.25, -0.2) is 4.98 Å². The highest BCUT2D eigenvalue weighted by atomic mass is 35.5. The van der Waals surface area contributed by atoms with Crippen molar-refractivity contribution in [1.82, 2.24) is 4.98 Å². The van der Waals surface area contributed by atoms with Crippen LogP contribution in [0.25, 0.3) is 11.3 Å². The summed E-state index contributed by atoms with van der Waals surface area (Å²) in [5.41, 5.74) is 12.3. The Morgan fingerprint density at radius 1 is 1.28 bits per heavy atom. The third-order valence-electron chi connectivity index (χ3n) is 1.99. The molecule has 0 saturated heterocycles. The standard InChI is InChI=1S/C10H6Cl2N2OS.CH5N/c11-5-2-1-3-6(12)7(5)8-9(10(13)15)16-4-14-8;1-2/h1-4H,(H2,13,15);2H2,1H3. The fourth-order valence-electron chi connectivity index (χ4n) is 1.32. The van der Waals surface area contributed by atoms with E-state index in [0.29, 0.717) is 26.2 Å². The van der Waals surface area contributed by atoms with Gasteiger partial charge in [-0.15, -0.1) is 11.3 Å². The van der Waals surface area contributed by atoms with Crippen LogP contribution < -0.4 is 11.5 Å². The summed E-state index contributed by atoms with van der Waals surface area (Å²) in [5.74, 6) is -0.534. The smallest absolute Gasteiger partial charge is 0.261 e. The summed E-state index contributed by atoms with van der Waals surface area (Å²) in [7, 11) is 1.50. The molecule has 1 aromatic heterocycles. The second-order valence-electron chi connectivity index (χ2n) is 2.99. The molecule has 18 heavy (non-hydrogen) atoms. The average molecular weight is 304 g/mol.